The number of fused-ring (bicyclic) bond motifs is 1. The van der Waals surface area contributed by atoms with Gasteiger partial charge in [-0.2, -0.15) is 0 Å². The summed E-state index contributed by atoms with van der Waals surface area (Å²) in [6.45, 7) is 6.76. The minimum Gasteiger partial charge on any atom is -0.466 e. The first-order valence-corrected chi connectivity index (χ1v) is 12.9. The summed E-state index contributed by atoms with van der Waals surface area (Å²) in [5.74, 6) is 0.876. The average Bonchev–Trinajstić information content (AvgIpc) is 3.16. The highest BCUT2D eigenvalue weighted by atomic mass is 16.5. The largest absolute Gasteiger partial charge is 0.466 e. The number of aromatic amines is 1. The van der Waals surface area contributed by atoms with Crippen molar-refractivity contribution in [1.29, 1.82) is 0 Å². The molecule has 0 radical (unpaired) electrons. The van der Waals surface area contributed by atoms with Crippen molar-refractivity contribution in [1.82, 2.24) is 4.98 Å². The van der Waals surface area contributed by atoms with E-state index in [0.717, 1.165) is 40.9 Å². The van der Waals surface area contributed by atoms with Crippen molar-refractivity contribution in [2.24, 2.45) is 5.92 Å². The molecule has 0 amide bonds. The minimum absolute atomic E-state index is 0.169. The number of ether oxygens (including phenoxy) is 1. The number of unbranched alkanes of at least 4 members (excludes halogenated alkanes) is 3. The highest BCUT2D eigenvalue weighted by Crippen LogP contribution is 2.27. The standard InChI is InChI=1S/C28H43NO3/c1-4-7-14-22(15-8-5-2)16-9-12-20-26(30)28-23-17-10-11-18-24(23)29-25(28)19-13-21-27(31)32-6-3/h10-11,17-18,22,29H,4-9,12-16,19-21H2,1-3H3. The zero-order valence-electron chi connectivity index (χ0n) is 20.5. The van der Waals surface area contributed by atoms with Crippen LogP contribution in [0.2, 0.25) is 0 Å². The van der Waals surface area contributed by atoms with Gasteiger partial charge in [-0.15, -0.1) is 0 Å². The quantitative estimate of drug-likeness (QED) is 0.155. The molecule has 4 nitrogen and oxygen atoms in total. The van der Waals surface area contributed by atoms with Crippen LogP contribution in [0.1, 0.15) is 114 Å². The predicted molar refractivity (Wildman–Crippen MR) is 133 cm³/mol. The van der Waals surface area contributed by atoms with Crippen LogP contribution >= 0.6 is 0 Å². The summed E-state index contributed by atoms with van der Waals surface area (Å²) < 4.78 is 5.03. The fourth-order valence-electron chi connectivity index (χ4n) is 4.61. The molecule has 178 valence electrons. The van der Waals surface area contributed by atoms with Crippen molar-refractivity contribution in [2.75, 3.05) is 6.61 Å². The molecule has 0 aliphatic rings. The second kappa shape index (κ2) is 14.9. The van der Waals surface area contributed by atoms with Crippen LogP contribution in [0, 0.1) is 5.92 Å². The predicted octanol–water partition coefficient (Wildman–Crippen LogP) is 7.79. The van der Waals surface area contributed by atoms with E-state index in [4.69, 9.17) is 4.74 Å². The lowest BCUT2D eigenvalue weighted by atomic mass is 9.90. The first-order valence-electron chi connectivity index (χ1n) is 12.9. The van der Waals surface area contributed by atoms with Crippen LogP contribution in [0.5, 0.6) is 0 Å². The number of aryl methyl sites for hydroxylation is 1. The molecule has 0 bridgehead atoms. The van der Waals surface area contributed by atoms with Gasteiger partial charge in [-0.05, 0) is 38.2 Å². The van der Waals surface area contributed by atoms with E-state index in [1.54, 1.807) is 0 Å². The Morgan fingerprint density at radius 2 is 1.56 bits per heavy atom. The van der Waals surface area contributed by atoms with Gasteiger partial charge in [0.25, 0.3) is 0 Å². The van der Waals surface area contributed by atoms with Gasteiger partial charge in [-0.1, -0.05) is 83.4 Å². The van der Waals surface area contributed by atoms with Crippen LogP contribution in [0.15, 0.2) is 24.3 Å². The molecule has 2 rings (SSSR count). The zero-order chi connectivity index (χ0) is 23.2. The van der Waals surface area contributed by atoms with Crippen LogP contribution < -0.4 is 0 Å². The average molecular weight is 442 g/mol. The number of ketones is 1. The Labute approximate surface area is 194 Å². The van der Waals surface area contributed by atoms with Crippen molar-refractivity contribution >= 4 is 22.7 Å². The van der Waals surface area contributed by atoms with Crippen LogP contribution in [0.25, 0.3) is 10.9 Å². The van der Waals surface area contributed by atoms with Crippen LogP contribution in [0.4, 0.5) is 0 Å². The van der Waals surface area contributed by atoms with E-state index in [2.05, 4.69) is 18.8 Å². The molecule has 0 fully saturated rings. The number of hydrogen-bond donors (Lipinski definition) is 1. The molecule has 1 N–H and O–H groups in total. The minimum atomic E-state index is -0.169. The zero-order valence-corrected chi connectivity index (χ0v) is 20.5. The lowest BCUT2D eigenvalue weighted by Gasteiger charge is -2.16. The van der Waals surface area contributed by atoms with E-state index in [0.29, 0.717) is 32.3 Å². The van der Waals surface area contributed by atoms with Crippen molar-refractivity contribution in [3.63, 3.8) is 0 Å². The van der Waals surface area contributed by atoms with Crippen LogP contribution in [0.3, 0.4) is 0 Å². The maximum atomic E-state index is 13.2. The lowest BCUT2D eigenvalue weighted by molar-refractivity contribution is -0.143. The van der Waals surface area contributed by atoms with Gasteiger partial charge in [0.05, 0.1) is 6.61 Å². The van der Waals surface area contributed by atoms with Gasteiger partial charge in [0.2, 0.25) is 0 Å². The number of hydrogen-bond acceptors (Lipinski definition) is 3. The highest BCUT2D eigenvalue weighted by Gasteiger charge is 2.18. The summed E-state index contributed by atoms with van der Waals surface area (Å²) in [5.41, 5.74) is 2.79. The number of carbonyl (C=O) groups is 2. The molecule has 0 aliphatic heterocycles. The van der Waals surface area contributed by atoms with Gasteiger partial charge >= 0.3 is 5.97 Å². The molecule has 2 aromatic rings. The third-order valence-electron chi connectivity index (χ3n) is 6.37. The molecule has 0 aliphatic carbocycles. The molecule has 0 atom stereocenters. The van der Waals surface area contributed by atoms with E-state index in [-0.39, 0.29) is 11.8 Å². The summed E-state index contributed by atoms with van der Waals surface area (Å²) in [6.07, 6.45) is 13.5. The molecule has 1 heterocycles. The molecule has 0 unspecified atom stereocenters. The van der Waals surface area contributed by atoms with Crippen molar-refractivity contribution in [2.45, 2.75) is 104 Å². The normalized spacial score (nSPS) is 11.4. The lowest BCUT2D eigenvalue weighted by Crippen LogP contribution is -2.07. The highest BCUT2D eigenvalue weighted by molar-refractivity contribution is 6.09. The first kappa shape index (κ1) is 26.2. The van der Waals surface area contributed by atoms with E-state index in [9.17, 15) is 9.59 Å². The van der Waals surface area contributed by atoms with Gasteiger partial charge in [0.1, 0.15) is 0 Å². The van der Waals surface area contributed by atoms with Gasteiger partial charge in [-0.3, -0.25) is 9.59 Å². The van der Waals surface area contributed by atoms with E-state index in [1.807, 2.05) is 31.2 Å². The smallest absolute Gasteiger partial charge is 0.305 e. The van der Waals surface area contributed by atoms with E-state index < -0.39 is 0 Å². The number of nitrogens with one attached hydrogen (secondary N) is 1. The Kier molecular flexibility index (Phi) is 12.2. The fraction of sp³-hybridized carbons (Fsp3) is 0.643. The molecule has 1 aromatic heterocycles. The van der Waals surface area contributed by atoms with Gasteiger partial charge in [0, 0.05) is 35.0 Å². The third kappa shape index (κ3) is 8.44. The number of para-hydroxylation sites is 1. The molecule has 1 aromatic carbocycles. The third-order valence-corrected chi connectivity index (χ3v) is 6.37. The Morgan fingerprint density at radius 1 is 0.875 bits per heavy atom. The SMILES string of the molecule is CCCCC(CCCC)CCCCC(=O)c1c(CCCC(=O)OCC)[nH]c2ccccc12. The maximum Gasteiger partial charge on any atom is 0.305 e. The summed E-state index contributed by atoms with van der Waals surface area (Å²) in [6, 6.07) is 8.02. The van der Waals surface area contributed by atoms with Crippen LogP contribution in [-0.2, 0) is 16.0 Å². The number of carbonyl (C=O) groups excluding carboxylic acids is 2. The number of Topliss-reactive ketones (excluding diaryl/α,β-unsaturated/α-hetero) is 1. The molecular formula is C28H43NO3. The number of benzene rings is 1. The number of aromatic nitrogens is 1. The number of H-pyrrole nitrogens is 1. The number of esters is 1. The second-order valence-corrected chi connectivity index (χ2v) is 9.00. The van der Waals surface area contributed by atoms with Crippen molar-refractivity contribution in [3.05, 3.63) is 35.5 Å². The van der Waals surface area contributed by atoms with Gasteiger partial charge < -0.3 is 9.72 Å². The molecule has 32 heavy (non-hydrogen) atoms. The van der Waals surface area contributed by atoms with Crippen LogP contribution in [-0.4, -0.2) is 23.3 Å². The second-order valence-electron chi connectivity index (χ2n) is 9.00. The Morgan fingerprint density at radius 3 is 2.25 bits per heavy atom. The molecule has 4 heteroatoms. The summed E-state index contributed by atoms with van der Waals surface area (Å²) in [4.78, 5) is 28.3. The molecule has 0 saturated carbocycles. The summed E-state index contributed by atoms with van der Waals surface area (Å²) in [5, 5.41) is 1.01. The fourth-order valence-corrected chi connectivity index (χ4v) is 4.61. The summed E-state index contributed by atoms with van der Waals surface area (Å²) >= 11 is 0. The maximum absolute atomic E-state index is 13.2. The molecule has 0 spiro atoms. The molecule has 0 saturated heterocycles. The Bertz CT molecular complexity index is 815. The van der Waals surface area contributed by atoms with Gasteiger partial charge in [-0.25, -0.2) is 0 Å². The monoisotopic (exact) mass is 441 g/mol. The van der Waals surface area contributed by atoms with E-state index >= 15 is 0 Å². The Balaban J connectivity index is 1.95. The number of rotatable bonds is 17. The van der Waals surface area contributed by atoms with Crippen molar-refractivity contribution < 1.29 is 14.3 Å². The summed E-state index contributed by atoms with van der Waals surface area (Å²) in [7, 11) is 0. The molecular weight excluding hydrogens is 398 g/mol. The first-order chi connectivity index (χ1) is 15.6. The Hall–Kier alpha value is -2.10. The van der Waals surface area contributed by atoms with E-state index in [1.165, 1.54) is 44.9 Å². The topological polar surface area (TPSA) is 59.2 Å². The van der Waals surface area contributed by atoms with Crippen molar-refractivity contribution in [3.8, 4) is 0 Å². The van der Waals surface area contributed by atoms with Gasteiger partial charge in [0.15, 0.2) is 5.78 Å².